The molecule has 0 fully saturated rings. The Morgan fingerprint density at radius 2 is 1.95 bits per heavy atom. The van der Waals surface area contributed by atoms with Crippen molar-refractivity contribution in [2.75, 3.05) is 0 Å². The summed E-state index contributed by atoms with van der Waals surface area (Å²) in [6.45, 7) is 0. The molecule has 1 unspecified atom stereocenters. The number of rotatable bonds is 6. The molecule has 0 bridgehead atoms. The normalized spacial score (nSPS) is 13.5. The number of hydrogen-bond acceptors (Lipinski definition) is 6. The molecule has 9 nitrogen and oxygen atoms in total. The van der Waals surface area contributed by atoms with Gasteiger partial charge >= 0.3 is 17.9 Å². The van der Waals surface area contributed by atoms with Crippen LogP contribution in [-0.2, 0) is 14.4 Å². The largest absolute Gasteiger partial charge is 0.481 e. The van der Waals surface area contributed by atoms with Crippen LogP contribution in [0.5, 0.6) is 0 Å². The molecule has 0 saturated heterocycles. The Labute approximate surface area is 123 Å². The summed E-state index contributed by atoms with van der Waals surface area (Å²) in [5, 5.41) is 28.0. The first-order valence-electron chi connectivity index (χ1n) is 6.12. The zero-order valence-corrected chi connectivity index (χ0v) is 11.2. The van der Waals surface area contributed by atoms with E-state index in [1.54, 1.807) is 18.3 Å². The molecule has 9 heteroatoms. The molecular formula is C13H12N2O7. The first-order valence-corrected chi connectivity index (χ1v) is 6.12. The predicted molar refractivity (Wildman–Crippen MR) is 70.8 cm³/mol. The highest BCUT2D eigenvalue weighted by Crippen LogP contribution is 2.17. The summed E-state index contributed by atoms with van der Waals surface area (Å²) in [6.07, 6.45) is 2.27. The Morgan fingerprint density at radius 1 is 1.23 bits per heavy atom. The highest BCUT2D eigenvalue weighted by atomic mass is 16.7. The minimum absolute atomic E-state index is 0.466. The average Bonchev–Trinajstić information content (AvgIpc) is 2.81. The quantitative estimate of drug-likeness (QED) is 0.659. The summed E-state index contributed by atoms with van der Waals surface area (Å²) in [5.74, 6) is -4.45. The van der Waals surface area contributed by atoms with Crippen LogP contribution in [0, 0.1) is 0 Å². The zero-order valence-electron chi connectivity index (χ0n) is 11.2. The van der Waals surface area contributed by atoms with Crippen LogP contribution in [0.4, 0.5) is 0 Å². The van der Waals surface area contributed by atoms with Crippen molar-refractivity contribution in [2.45, 2.75) is 18.4 Å². The molecule has 0 aliphatic heterocycles. The first kappa shape index (κ1) is 15.4. The number of pyridine rings is 1. The molecule has 0 aliphatic carbocycles. The Balaban J connectivity index is 2.15. The summed E-state index contributed by atoms with van der Waals surface area (Å²) >= 11 is 0. The lowest BCUT2D eigenvalue weighted by Crippen LogP contribution is -2.44. The van der Waals surface area contributed by atoms with E-state index < -0.39 is 36.4 Å². The van der Waals surface area contributed by atoms with Crippen molar-refractivity contribution in [3.63, 3.8) is 0 Å². The molecule has 0 amide bonds. The number of aliphatic carboxylic acids is 2. The van der Waals surface area contributed by atoms with Gasteiger partial charge in [-0.05, 0) is 12.1 Å². The fourth-order valence-electron chi connectivity index (χ4n) is 1.87. The van der Waals surface area contributed by atoms with Crippen LogP contribution in [0.1, 0.15) is 12.8 Å². The molecular weight excluding hydrogens is 296 g/mol. The highest BCUT2D eigenvalue weighted by molar-refractivity contribution is 5.89. The van der Waals surface area contributed by atoms with Gasteiger partial charge < -0.3 is 20.2 Å². The van der Waals surface area contributed by atoms with Gasteiger partial charge in [0, 0.05) is 17.8 Å². The lowest BCUT2D eigenvalue weighted by atomic mass is 9.96. The van der Waals surface area contributed by atoms with Gasteiger partial charge in [0.2, 0.25) is 0 Å². The van der Waals surface area contributed by atoms with Gasteiger partial charge in [-0.25, -0.2) is 9.59 Å². The maximum atomic E-state index is 11.8. The molecule has 116 valence electrons. The molecule has 0 aliphatic rings. The smallest absolute Gasteiger partial charge is 0.336 e. The van der Waals surface area contributed by atoms with Crippen LogP contribution in [0.15, 0.2) is 30.7 Å². The van der Waals surface area contributed by atoms with Crippen LogP contribution in [0.3, 0.4) is 0 Å². The Kier molecular flexibility index (Phi) is 4.08. The van der Waals surface area contributed by atoms with Gasteiger partial charge in [-0.2, -0.15) is 4.73 Å². The predicted octanol–water partition coefficient (Wildman–Crippen LogP) is -0.328. The third-order valence-electron chi connectivity index (χ3n) is 2.94. The summed E-state index contributed by atoms with van der Waals surface area (Å²) in [7, 11) is 0. The van der Waals surface area contributed by atoms with Gasteiger partial charge in [0.25, 0.3) is 0 Å². The summed E-state index contributed by atoms with van der Waals surface area (Å²) < 4.78 is 1.06. The maximum Gasteiger partial charge on any atom is 0.336 e. The van der Waals surface area contributed by atoms with Gasteiger partial charge in [-0.3, -0.25) is 9.78 Å². The standard InChI is InChI=1S/C13H12N2O7/c16-10(17)5-13(21,12(19)20)6-11(18)22-15-4-2-8-1-3-14-7-9(8)15/h1-4,7,21H,5-6H2,(H,16,17)(H,19,20). The molecule has 2 aromatic heterocycles. The third kappa shape index (κ3) is 3.20. The van der Waals surface area contributed by atoms with Crippen molar-refractivity contribution in [1.29, 1.82) is 0 Å². The molecule has 0 radical (unpaired) electrons. The molecule has 0 saturated carbocycles. The molecule has 0 aromatic carbocycles. The molecule has 3 N–H and O–H groups in total. The number of aromatic nitrogens is 2. The van der Waals surface area contributed by atoms with Crippen molar-refractivity contribution >= 4 is 28.8 Å². The SMILES string of the molecule is O=C(O)CC(O)(CC(=O)On1ccc2ccncc21)C(=O)O. The number of aliphatic hydroxyl groups is 1. The zero-order chi connectivity index (χ0) is 16.3. The van der Waals surface area contributed by atoms with Gasteiger partial charge in [0.15, 0.2) is 5.60 Å². The van der Waals surface area contributed by atoms with E-state index in [9.17, 15) is 19.5 Å². The van der Waals surface area contributed by atoms with Crippen molar-refractivity contribution < 1.29 is 34.5 Å². The molecule has 0 spiro atoms. The topological polar surface area (TPSA) is 139 Å². The van der Waals surface area contributed by atoms with Gasteiger partial charge in [0.05, 0.1) is 19.0 Å². The number of carbonyl (C=O) groups excluding carboxylic acids is 1. The molecule has 2 rings (SSSR count). The van der Waals surface area contributed by atoms with E-state index >= 15 is 0 Å². The van der Waals surface area contributed by atoms with Crippen molar-refractivity contribution in [3.05, 3.63) is 30.7 Å². The summed E-state index contributed by atoms with van der Waals surface area (Å²) in [6, 6.07) is 3.32. The Hall–Kier alpha value is -2.94. The first-order chi connectivity index (χ1) is 10.3. The molecule has 2 heterocycles. The molecule has 1 atom stereocenters. The second-order valence-corrected chi connectivity index (χ2v) is 4.62. The summed E-state index contributed by atoms with van der Waals surface area (Å²) in [4.78, 5) is 42.1. The number of nitrogens with zero attached hydrogens (tertiary/aromatic N) is 2. The van der Waals surface area contributed by atoms with Crippen molar-refractivity contribution in [3.8, 4) is 0 Å². The van der Waals surface area contributed by atoms with Crippen molar-refractivity contribution in [1.82, 2.24) is 9.71 Å². The fourth-order valence-corrected chi connectivity index (χ4v) is 1.87. The lowest BCUT2D eigenvalue weighted by Gasteiger charge is -2.20. The van der Waals surface area contributed by atoms with E-state index in [4.69, 9.17) is 15.1 Å². The number of carbonyl (C=O) groups is 3. The fraction of sp³-hybridized carbons (Fsp3) is 0.231. The number of carboxylic acids is 2. The van der Waals surface area contributed by atoms with Crippen LogP contribution < -0.4 is 4.84 Å². The van der Waals surface area contributed by atoms with Crippen molar-refractivity contribution in [2.24, 2.45) is 0 Å². The average molecular weight is 308 g/mol. The second-order valence-electron chi connectivity index (χ2n) is 4.62. The monoisotopic (exact) mass is 308 g/mol. The second kappa shape index (κ2) is 5.82. The summed E-state index contributed by atoms with van der Waals surface area (Å²) in [5.41, 5.74) is -2.27. The highest BCUT2D eigenvalue weighted by Gasteiger charge is 2.41. The Morgan fingerprint density at radius 3 is 2.59 bits per heavy atom. The molecule has 2 aromatic rings. The third-order valence-corrected chi connectivity index (χ3v) is 2.94. The number of hydrogen-bond donors (Lipinski definition) is 3. The van der Waals surface area contributed by atoms with Gasteiger partial charge in [-0.15, -0.1) is 0 Å². The van der Waals surface area contributed by atoms with E-state index in [-0.39, 0.29) is 0 Å². The Bertz CT molecular complexity index is 739. The van der Waals surface area contributed by atoms with E-state index in [0.717, 1.165) is 10.1 Å². The van der Waals surface area contributed by atoms with Gasteiger partial charge in [0.1, 0.15) is 5.52 Å². The number of carboxylic acid groups (broad SMARTS) is 2. The number of fused-ring (bicyclic) bond motifs is 1. The lowest BCUT2D eigenvalue weighted by molar-refractivity contribution is -0.171. The van der Waals surface area contributed by atoms with E-state index in [1.807, 2.05) is 0 Å². The minimum Gasteiger partial charge on any atom is -0.481 e. The molecule has 22 heavy (non-hydrogen) atoms. The van der Waals surface area contributed by atoms with Gasteiger partial charge in [-0.1, -0.05) is 0 Å². The van der Waals surface area contributed by atoms with Crippen LogP contribution >= 0.6 is 0 Å². The van der Waals surface area contributed by atoms with E-state index in [2.05, 4.69) is 4.98 Å². The van der Waals surface area contributed by atoms with E-state index in [0.29, 0.717) is 5.52 Å². The maximum absolute atomic E-state index is 11.8. The van der Waals surface area contributed by atoms with E-state index in [1.165, 1.54) is 12.4 Å². The minimum atomic E-state index is -2.73. The van der Waals surface area contributed by atoms with Crippen LogP contribution in [-0.4, -0.2) is 48.5 Å². The van der Waals surface area contributed by atoms with Crippen LogP contribution in [0.2, 0.25) is 0 Å². The van der Waals surface area contributed by atoms with Crippen LogP contribution in [0.25, 0.3) is 10.9 Å².